The molecule has 0 amide bonds. The van der Waals surface area contributed by atoms with E-state index in [1.807, 2.05) is 24.3 Å². The van der Waals surface area contributed by atoms with E-state index in [9.17, 15) is 4.79 Å². The second-order valence-electron chi connectivity index (χ2n) is 5.34. The summed E-state index contributed by atoms with van der Waals surface area (Å²) in [5.74, 6) is 0. The lowest BCUT2D eigenvalue weighted by molar-refractivity contribution is 0.748. The van der Waals surface area contributed by atoms with Gasteiger partial charge in [0.2, 0.25) is 0 Å². The number of halogens is 1. The highest BCUT2D eigenvalue weighted by Crippen LogP contribution is 2.34. The van der Waals surface area contributed by atoms with E-state index in [1.165, 1.54) is 10.4 Å². The van der Waals surface area contributed by atoms with Crippen LogP contribution in [-0.4, -0.2) is 9.55 Å². The van der Waals surface area contributed by atoms with E-state index in [1.54, 1.807) is 22.2 Å². The molecular weight excluding hydrogens is 348 g/mol. The lowest BCUT2D eigenvalue weighted by atomic mass is 10.2. The highest BCUT2D eigenvalue weighted by Gasteiger charge is 2.21. The molecular formula is C16H13BrN2OS. The number of fused-ring (bicyclic) bond motifs is 3. The van der Waals surface area contributed by atoms with Gasteiger partial charge in [-0.15, -0.1) is 11.3 Å². The van der Waals surface area contributed by atoms with Gasteiger partial charge >= 0.3 is 0 Å². The molecule has 0 radical (unpaired) electrons. The van der Waals surface area contributed by atoms with Gasteiger partial charge in [-0.3, -0.25) is 9.36 Å². The Morgan fingerprint density at radius 2 is 2.05 bits per heavy atom. The van der Waals surface area contributed by atoms with Crippen molar-refractivity contribution in [3.05, 3.63) is 61.4 Å². The molecule has 0 aliphatic heterocycles. The second kappa shape index (κ2) is 5.07. The molecule has 0 unspecified atom stereocenters. The van der Waals surface area contributed by atoms with E-state index in [4.69, 9.17) is 0 Å². The van der Waals surface area contributed by atoms with E-state index >= 15 is 0 Å². The molecule has 0 bridgehead atoms. The van der Waals surface area contributed by atoms with Crippen molar-refractivity contribution in [2.75, 3.05) is 0 Å². The van der Waals surface area contributed by atoms with Crippen molar-refractivity contribution in [1.82, 2.24) is 9.55 Å². The first kappa shape index (κ1) is 13.2. The summed E-state index contributed by atoms with van der Waals surface area (Å²) in [7, 11) is 0. The highest BCUT2D eigenvalue weighted by atomic mass is 79.9. The molecule has 2 aromatic heterocycles. The molecule has 3 nitrogen and oxygen atoms in total. The first-order chi connectivity index (χ1) is 10.2. The first-order valence-electron chi connectivity index (χ1n) is 6.96. The van der Waals surface area contributed by atoms with E-state index in [0.29, 0.717) is 6.54 Å². The predicted molar refractivity (Wildman–Crippen MR) is 89.1 cm³/mol. The van der Waals surface area contributed by atoms with Gasteiger partial charge in [0.15, 0.2) is 0 Å². The Kier molecular flexibility index (Phi) is 3.19. The van der Waals surface area contributed by atoms with Crippen molar-refractivity contribution >= 4 is 37.5 Å². The second-order valence-corrected chi connectivity index (χ2v) is 7.34. The number of aromatic nitrogens is 2. The van der Waals surface area contributed by atoms with Crippen LogP contribution in [0.4, 0.5) is 0 Å². The summed E-state index contributed by atoms with van der Waals surface area (Å²) in [6.45, 7) is 0.569. The molecule has 0 saturated heterocycles. The Balaban J connectivity index is 1.81. The van der Waals surface area contributed by atoms with Gasteiger partial charge in [-0.1, -0.05) is 28.1 Å². The normalized spacial score (nSPS) is 13.8. The number of aryl methyl sites for hydroxylation is 2. The SMILES string of the molecule is O=c1c2c3c(sc2ncn1Cc1ccc(Br)cc1)CCC3. The molecule has 21 heavy (non-hydrogen) atoms. The molecule has 4 rings (SSSR count). The van der Waals surface area contributed by atoms with Gasteiger partial charge < -0.3 is 0 Å². The lowest BCUT2D eigenvalue weighted by Crippen LogP contribution is -2.21. The van der Waals surface area contributed by atoms with Gasteiger partial charge in [-0.2, -0.15) is 0 Å². The van der Waals surface area contributed by atoms with Crippen LogP contribution in [0.1, 0.15) is 22.4 Å². The third-order valence-corrected chi connectivity index (χ3v) is 5.69. The summed E-state index contributed by atoms with van der Waals surface area (Å²) in [4.78, 5) is 19.5. The summed E-state index contributed by atoms with van der Waals surface area (Å²) < 4.78 is 2.76. The van der Waals surface area contributed by atoms with Gasteiger partial charge in [0.05, 0.1) is 18.3 Å². The lowest BCUT2D eigenvalue weighted by Gasteiger charge is -2.06. The van der Waals surface area contributed by atoms with Crippen LogP contribution in [0.5, 0.6) is 0 Å². The van der Waals surface area contributed by atoms with Crippen LogP contribution in [-0.2, 0) is 19.4 Å². The molecule has 1 aliphatic carbocycles. The third kappa shape index (κ3) is 2.24. The summed E-state index contributed by atoms with van der Waals surface area (Å²) in [5.41, 5.74) is 2.45. The zero-order valence-corrected chi connectivity index (χ0v) is 13.7. The minimum Gasteiger partial charge on any atom is -0.294 e. The molecule has 0 atom stereocenters. The van der Waals surface area contributed by atoms with E-state index in [0.717, 1.165) is 39.5 Å². The Bertz CT molecular complexity index is 880. The molecule has 106 valence electrons. The van der Waals surface area contributed by atoms with Crippen molar-refractivity contribution < 1.29 is 0 Å². The summed E-state index contributed by atoms with van der Waals surface area (Å²) in [6, 6.07) is 8.04. The third-order valence-electron chi connectivity index (χ3n) is 3.96. The first-order valence-corrected chi connectivity index (χ1v) is 8.57. The van der Waals surface area contributed by atoms with Crippen LogP contribution in [0.3, 0.4) is 0 Å². The Labute approximate surface area is 134 Å². The van der Waals surface area contributed by atoms with Crippen LogP contribution >= 0.6 is 27.3 Å². The van der Waals surface area contributed by atoms with Crippen molar-refractivity contribution in [3.8, 4) is 0 Å². The maximum Gasteiger partial charge on any atom is 0.262 e. The summed E-state index contributed by atoms with van der Waals surface area (Å²) in [5, 5.41) is 0.854. The summed E-state index contributed by atoms with van der Waals surface area (Å²) in [6.07, 6.45) is 4.97. The van der Waals surface area contributed by atoms with Gasteiger partial charge in [0, 0.05) is 9.35 Å². The topological polar surface area (TPSA) is 34.9 Å². The quantitative estimate of drug-likeness (QED) is 0.697. The fraction of sp³-hybridized carbons (Fsp3) is 0.250. The standard InChI is InChI=1S/C16H13BrN2OS/c17-11-6-4-10(5-7-11)8-19-9-18-15-14(16(19)20)12-2-1-3-13(12)21-15/h4-7,9H,1-3,8H2. The molecule has 0 spiro atoms. The number of hydrogen-bond donors (Lipinski definition) is 0. The highest BCUT2D eigenvalue weighted by molar-refractivity contribution is 9.10. The zero-order valence-electron chi connectivity index (χ0n) is 11.3. The molecule has 5 heteroatoms. The van der Waals surface area contributed by atoms with E-state index in [2.05, 4.69) is 20.9 Å². The van der Waals surface area contributed by atoms with E-state index in [-0.39, 0.29) is 5.56 Å². The number of hydrogen-bond acceptors (Lipinski definition) is 3. The Morgan fingerprint density at radius 1 is 1.24 bits per heavy atom. The van der Waals surface area contributed by atoms with Crippen LogP contribution in [0, 0.1) is 0 Å². The average molecular weight is 361 g/mol. The van der Waals surface area contributed by atoms with Gasteiger partial charge in [-0.05, 0) is 42.5 Å². The number of benzene rings is 1. The fourth-order valence-electron chi connectivity index (χ4n) is 2.92. The van der Waals surface area contributed by atoms with Crippen LogP contribution in [0.25, 0.3) is 10.2 Å². The Hall–Kier alpha value is -1.46. The van der Waals surface area contributed by atoms with Crippen LogP contribution in [0.2, 0.25) is 0 Å². The molecule has 2 heterocycles. The minimum atomic E-state index is 0.0994. The molecule has 0 saturated carbocycles. The number of nitrogens with zero attached hydrogens (tertiary/aromatic N) is 2. The Morgan fingerprint density at radius 3 is 2.86 bits per heavy atom. The zero-order chi connectivity index (χ0) is 14.4. The molecule has 3 aromatic rings. The maximum atomic E-state index is 12.7. The largest absolute Gasteiger partial charge is 0.294 e. The van der Waals surface area contributed by atoms with Gasteiger partial charge in [0.25, 0.3) is 5.56 Å². The number of thiophene rings is 1. The van der Waals surface area contributed by atoms with Crippen molar-refractivity contribution in [2.45, 2.75) is 25.8 Å². The summed E-state index contributed by atoms with van der Waals surface area (Å²) >= 11 is 5.11. The molecule has 1 aliphatic rings. The monoisotopic (exact) mass is 360 g/mol. The van der Waals surface area contributed by atoms with Crippen LogP contribution in [0.15, 0.2) is 39.9 Å². The van der Waals surface area contributed by atoms with Gasteiger partial charge in [0.1, 0.15) is 4.83 Å². The van der Waals surface area contributed by atoms with Crippen molar-refractivity contribution in [3.63, 3.8) is 0 Å². The molecule has 0 N–H and O–H groups in total. The predicted octanol–water partition coefficient (Wildman–Crippen LogP) is 3.76. The van der Waals surface area contributed by atoms with E-state index < -0.39 is 0 Å². The molecule has 1 aromatic carbocycles. The van der Waals surface area contributed by atoms with Crippen LogP contribution < -0.4 is 5.56 Å². The van der Waals surface area contributed by atoms with Crippen molar-refractivity contribution in [2.24, 2.45) is 0 Å². The minimum absolute atomic E-state index is 0.0994. The smallest absolute Gasteiger partial charge is 0.262 e. The molecule has 0 fully saturated rings. The fourth-order valence-corrected chi connectivity index (χ4v) is 4.40. The van der Waals surface area contributed by atoms with Crippen molar-refractivity contribution in [1.29, 1.82) is 0 Å². The maximum absolute atomic E-state index is 12.7. The average Bonchev–Trinajstić information content (AvgIpc) is 3.04. The number of rotatable bonds is 2. The van der Waals surface area contributed by atoms with Gasteiger partial charge in [-0.25, -0.2) is 4.98 Å².